The molecule has 0 atom stereocenters. The first-order valence-corrected chi connectivity index (χ1v) is 7.12. The van der Waals surface area contributed by atoms with Gasteiger partial charge in [0, 0.05) is 12.5 Å². The number of hydrogen-bond donors (Lipinski definition) is 1. The lowest BCUT2D eigenvalue weighted by Crippen LogP contribution is -2.32. The summed E-state index contributed by atoms with van der Waals surface area (Å²) in [7, 11) is 0. The zero-order valence-electron chi connectivity index (χ0n) is 10.8. The van der Waals surface area contributed by atoms with E-state index in [1.54, 1.807) is 0 Å². The van der Waals surface area contributed by atoms with Crippen LogP contribution in [0.3, 0.4) is 0 Å². The number of rotatable bonds is 8. The highest BCUT2D eigenvalue weighted by atomic mass is 16.1. The highest BCUT2D eigenvalue weighted by molar-refractivity contribution is 5.76. The summed E-state index contributed by atoms with van der Waals surface area (Å²) in [6.07, 6.45) is 13.3. The Morgan fingerprint density at radius 3 is 2.38 bits per heavy atom. The van der Waals surface area contributed by atoms with Crippen LogP contribution < -0.4 is 5.32 Å². The van der Waals surface area contributed by atoms with Gasteiger partial charge < -0.3 is 5.32 Å². The topological polar surface area (TPSA) is 29.1 Å². The molecule has 2 nitrogen and oxygen atoms in total. The zero-order valence-corrected chi connectivity index (χ0v) is 10.8. The molecule has 1 amide bonds. The molecule has 1 fully saturated rings. The summed E-state index contributed by atoms with van der Waals surface area (Å²) < 4.78 is 0. The van der Waals surface area contributed by atoms with Crippen molar-refractivity contribution in [2.45, 2.75) is 83.6 Å². The van der Waals surface area contributed by atoms with Gasteiger partial charge in [-0.05, 0) is 19.3 Å². The summed E-state index contributed by atoms with van der Waals surface area (Å²) in [5.74, 6) is 0.280. The van der Waals surface area contributed by atoms with Gasteiger partial charge in [0.1, 0.15) is 0 Å². The van der Waals surface area contributed by atoms with E-state index >= 15 is 0 Å². The maximum atomic E-state index is 11.6. The average Bonchev–Trinajstić information content (AvgIpc) is 2.76. The molecule has 1 aliphatic rings. The van der Waals surface area contributed by atoms with Gasteiger partial charge >= 0.3 is 0 Å². The molecule has 0 bridgehead atoms. The maximum Gasteiger partial charge on any atom is 0.220 e. The third kappa shape index (κ3) is 6.14. The molecule has 0 unspecified atom stereocenters. The smallest absolute Gasteiger partial charge is 0.220 e. The highest BCUT2D eigenvalue weighted by Gasteiger charge is 2.16. The Balaban J connectivity index is 1.89. The van der Waals surface area contributed by atoms with Crippen LogP contribution in [0.1, 0.15) is 77.6 Å². The van der Waals surface area contributed by atoms with Crippen LogP contribution >= 0.6 is 0 Å². The lowest BCUT2D eigenvalue weighted by molar-refractivity contribution is -0.121. The number of unbranched alkanes of at least 4 members (excludes halogenated alkanes) is 5. The SMILES string of the molecule is CCCCCCCCC(=O)NC1CCCC1. The summed E-state index contributed by atoms with van der Waals surface area (Å²) in [5.41, 5.74) is 0. The Bertz CT molecular complexity index is 185. The standard InChI is InChI=1S/C14H27NO/c1-2-3-4-5-6-7-12-14(16)15-13-10-8-9-11-13/h13H,2-12H2,1H3,(H,15,16). The molecule has 1 rings (SSSR count). The van der Waals surface area contributed by atoms with Crippen LogP contribution in [0.4, 0.5) is 0 Å². The van der Waals surface area contributed by atoms with Crippen LogP contribution in [0, 0.1) is 0 Å². The first-order valence-electron chi connectivity index (χ1n) is 7.12. The Kier molecular flexibility index (Phi) is 7.28. The van der Waals surface area contributed by atoms with Crippen LogP contribution in [0.15, 0.2) is 0 Å². The summed E-state index contributed by atoms with van der Waals surface area (Å²) >= 11 is 0. The van der Waals surface area contributed by atoms with E-state index in [0.29, 0.717) is 6.04 Å². The Labute approximate surface area is 100 Å². The molecule has 0 aliphatic heterocycles. The van der Waals surface area contributed by atoms with Crippen molar-refractivity contribution in [3.63, 3.8) is 0 Å². The van der Waals surface area contributed by atoms with E-state index in [1.165, 1.54) is 57.8 Å². The minimum absolute atomic E-state index is 0.280. The van der Waals surface area contributed by atoms with E-state index in [4.69, 9.17) is 0 Å². The molecular formula is C14H27NO. The maximum absolute atomic E-state index is 11.6. The van der Waals surface area contributed by atoms with Crippen molar-refractivity contribution in [2.24, 2.45) is 0 Å². The minimum atomic E-state index is 0.280. The van der Waals surface area contributed by atoms with E-state index < -0.39 is 0 Å². The fourth-order valence-corrected chi connectivity index (χ4v) is 2.44. The molecule has 0 heterocycles. The van der Waals surface area contributed by atoms with Crippen molar-refractivity contribution in [1.29, 1.82) is 0 Å². The largest absolute Gasteiger partial charge is 0.353 e. The lowest BCUT2D eigenvalue weighted by Gasteiger charge is -2.11. The molecule has 1 saturated carbocycles. The number of carbonyl (C=O) groups excluding carboxylic acids is 1. The fraction of sp³-hybridized carbons (Fsp3) is 0.929. The van der Waals surface area contributed by atoms with E-state index in [1.807, 2.05) is 0 Å². The van der Waals surface area contributed by atoms with Crippen molar-refractivity contribution < 1.29 is 4.79 Å². The second-order valence-electron chi connectivity index (χ2n) is 5.07. The van der Waals surface area contributed by atoms with Gasteiger partial charge in [0.25, 0.3) is 0 Å². The molecule has 1 aliphatic carbocycles. The zero-order chi connectivity index (χ0) is 11.6. The molecule has 16 heavy (non-hydrogen) atoms. The number of nitrogens with one attached hydrogen (secondary N) is 1. The Morgan fingerprint density at radius 1 is 1.06 bits per heavy atom. The predicted octanol–water partition coefficient (Wildman–Crippen LogP) is 3.80. The minimum Gasteiger partial charge on any atom is -0.353 e. The summed E-state index contributed by atoms with van der Waals surface area (Å²) in [5, 5.41) is 3.14. The predicted molar refractivity (Wildman–Crippen MR) is 68.4 cm³/mol. The summed E-state index contributed by atoms with van der Waals surface area (Å²) in [6, 6.07) is 0.493. The van der Waals surface area contributed by atoms with E-state index in [9.17, 15) is 4.79 Å². The molecular weight excluding hydrogens is 198 g/mol. The van der Waals surface area contributed by atoms with Gasteiger partial charge in [-0.2, -0.15) is 0 Å². The molecule has 1 N–H and O–H groups in total. The molecule has 94 valence electrons. The van der Waals surface area contributed by atoms with E-state index in [-0.39, 0.29) is 5.91 Å². The van der Waals surface area contributed by atoms with Crippen LogP contribution in [0.25, 0.3) is 0 Å². The van der Waals surface area contributed by atoms with Gasteiger partial charge in [0.05, 0.1) is 0 Å². The summed E-state index contributed by atoms with van der Waals surface area (Å²) in [4.78, 5) is 11.6. The first kappa shape index (κ1) is 13.5. The van der Waals surface area contributed by atoms with Crippen molar-refractivity contribution in [3.05, 3.63) is 0 Å². The molecule has 0 radical (unpaired) electrons. The third-order valence-corrected chi connectivity index (χ3v) is 3.48. The van der Waals surface area contributed by atoms with Crippen molar-refractivity contribution in [3.8, 4) is 0 Å². The van der Waals surface area contributed by atoms with Gasteiger partial charge in [-0.15, -0.1) is 0 Å². The van der Waals surface area contributed by atoms with Crippen LogP contribution in [-0.2, 0) is 4.79 Å². The average molecular weight is 225 g/mol. The van der Waals surface area contributed by atoms with Crippen LogP contribution in [0.5, 0.6) is 0 Å². The molecule has 2 heteroatoms. The van der Waals surface area contributed by atoms with Gasteiger partial charge in [-0.1, -0.05) is 51.9 Å². The number of hydrogen-bond acceptors (Lipinski definition) is 1. The molecule has 0 aromatic carbocycles. The quantitative estimate of drug-likeness (QED) is 0.626. The third-order valence-electron chi connectivity index (χ3n) is 3.48. The van der Waals surface area contributed by atoms with Crippen LogP contribution in [-0.4, -0.2) is 11.9 Å². The monoisotopic (exact) mass is 225 g/mol. The highest BCUT2D eigenvalue weighted by Crippen LogP contribution is 2.17. The lowest BCUT2D eigenvalue weighted by atomic mass is 10.1. The second-order valence-corrected chi connectivity index (χ2v) is 5.07. The molecule has 0 spiro atoms. The molecule has 0 aromatic rings. The van der Waals surface area contributed by atoms with E-state index in [0.717, 1.165) is 12.8 Å². The Hall–Kier alpha value is -0.530. The fourth-order valence-electron chi connectivity index (χ4n) is 2.44. The first-order chi connectivity index (χ1) is 7.83. The normalized spacial score (nSPS) is 16.6. The molecule has 0 aromatic heterocycles. The van der Waals surface area contributed by atoms with Gasteiger partial charge in [0.15, 0.2) is 0 Å². The second kappa shape index (κ2) is 8.60. The molecule has 0 saturated heterocycles. The van der Waals surface area contributed by atoms with E-state index in [2.05, 4.69) is 12.2 Å². The number of carbonyl (C=O) groups is 1. The van der Waals surface area contributed by atoms with Crippen molar-refractivity contribution >= 4 is 5.91 Å². The van der Waals surface area contributed by atoms with Gasteiger partial charge in [-0.25, -0.2) is 0 Å². The van der Waals surface area contributed by atoms with Crippen molar-refractivity contribution in [1.82, 2.24) is 5.32 Å². The van der Waals surface area contributed by atoms with Gasteiger partial charge in [-0.3, -0.25) is 4.79 Å². The Morgan fingerprint density at radius 2 is 1.69 bits per heavy atom. The van der Waals surface area contributed by atoms with Crippen molar-refractivity contribution in [2.75, 3.05) is 0 Å². The number of amides is 1. The summed E-state index contributed by atoms with van der Waals surface area (Å²) in [6.45, 7) is 2.23. The van der Waals surface area contributed by atoms with Crippen LogP contribution in [0.2, 0.25) is 0 Å². The van der Waals surface area contributed by atoms with Gasteiger partial charge in [0.2, 0.25) is 5.91 Å².